The van der Waals surface area contributed by atoms with Crippen molar-refractivity contribution in [3.05, 3.63) is 46.6 Å². The van der Waals surface area contributed by atoms with Crippen LogP contribution in [0.5, 0.6) is 0 Å². The van der Waals surface area contributed by atoms with E-state index >= 15 is 0 Å². The number of ether oxygens (including phenoxy) is 1. The van der Waals surface area contributed by atoms with Crippen LogP contribution in [0.2, 0.25) is 5.02 Å². The Labute approximate surface area is 122 Å². The molecule has 1 aliphatic heterocycles. The third-order valence-corrected chi connectivity index (χ3v) is 4.49. The Hall–Kier alpha value is -1.39. The molecule has 0 bridgehead atoms. The van der Waals surface area contributed by atoms with Crippen molar-refractivity contribution in [1.29, 1.82) is 0 Å². The zero-order valence-electron chi connectivity index (χ0n) is 11.0. The zero-order valence-corrected chi connectivity index (χ0v) is 11.8. The van der Waals surface area contributed by atoms with Gasteiger partial charge in [0.25, 0.3) is 0 Å². The summed E-state index contributed by atoms with van der Waals surface area (Å²) in [5.74, 6) is 1.69. The third-order valence-electron chi connectivity index (χ3n) is 4.26. The number of hydrogen-bond donors (Lipinski definition) is 0. The van der Waals surface area contributed by atoms with Crippen LogP contribution in [0.15, 0.2) is 28.7 Å². The quantitative estimate of drug-likeness (QED) is 0.870. The van der Waals surface area contributed by atoms with E-state index in [1.807, 2.05) is 18.2 Å². The van der Waals surface area contributed by atoms with Crippen LogP contribution in [0.3, 0.4) is 0 Å². The van der Waals surface area contributed by atoms with Crippen molar-refractivity contribution in [2.24, 2.45) is 0 Å². The van der Waals surface area contributed by atoms with Gasteiger partial charge >= 0.3 is 0 Å². The highest BCUT2D eigenvalue weighted by Gasteiger charge is 2.51. The second-order valence-electron chi connectivity index (χ2n) is 5.60. The lowest BCUT2D eigenvalue weighted by molar-refractivity contribution is 0.190. The van der Waals surface area contributed by atoms with Crippen molar-refractivity contribution in [3.63, 3.8) is 0 Å². The number of rotatable bonds is 3. The van der Waals surface area contributed by atoms with Crippen LogP contribution in [-0.4, -0.2) is 23.4 Å². The first kappa shape index (κ1) is 12.4. The lowest BCUT2D eigenvalue weighted by Gasteiger charge is -2.11. The van der Waals surface area contributed by atoms with E-state index in [2.05, 4.69) is 16.3 Å². The maximum Gasteiger partial charge on any atom is 0.227 e. The fourth-order valence-electron chi connectivity index (χ4n) is 2.86. The topological polar surface area (TPSA) is 48.2 Å². The maximum atomic E-state index is 6.09. The number of hydrogen-bond acceptors (Lipinski definition) is 4. The summed E-state index contributed by atoms with van der Waals surface area (Å²) in [7, 11) is 0. The first-order chi connectivity index (χ1) is 9.78. The minimum atomic E-state index is -0.115. The van der Waals surface area contributed by atoms with Gasteiger partial charge in [0.05, 0.1) is 17.9 Å². The summed E-state index contributed by atoms with van der Waals surface area (Å²) >= 11 is 6.09. The summed E-state index contributed by atoms with van der Waals surface area (Å²) < 4.78 is 11.3. The number of halogens is 1. The Morgan fingerprint density at radius 3 is 2.85 bits per heavy atom. The lowest BCUT2D eigenvalue weighted by Crippen LogP contribution is -2.09. The fourth-order valence-corrected chi connectivity index (χ4v) is 3.05. The molecule has 0 amide bonds. The predicted molar refractivity (Wildman–Crippen MR) is 73.9 cm³/mol. The van der Waals surface area contributed by atoms with Gasteiger partial charge in [0.15, 0.2) is 0 Å². The van der Waals surface area contributed by atoms with E-state index in [4.69, 9.17) is 20.8 Å². The maximum absolute atomic E-state index is 6.09. The zero-order chi connectivity index (χ0) is 13.6. The number of nitrogens with zero attached hydrogens (tertiary/aromatic N) is 2. The van der Waals surface area contributed by atoms with E-state index in [9.17, 15) is 0 Å². The standard InChI is InChI=1S/C15H15ClN2O2/c16-12-3-1-2-11(8-12)15(5-6-15)14-18-17-13(20-14)10-4-7-19-9-10/h1-3,8,10H,4-7,9H2/t10-/m1/s1. The molecule has 0 N–H and O–H groups in total. The van der Waals surface area contributed by atoms with Crippen molar-refractivity contribution in [1.82, 2.24) is 10.2 Å². The van der Waals surface area contributed by atoms with Crippen molar-refractivity contribution in [2.75, 3.05) is 13.2 Å². The summed E-state index contributed by atoms with van der Waals surface area (Å²) in [5.41, 5.74) is 1.05. The second-order valence-corrected chi connectivity index (χ2v) is 6.03. The summed E-state index contributed by atoms with van der Waals surface area (Å²) in [6.45, 7) is 1.47. The second kappa shape index (κ2) is 4.57. The van der Waals surface area contributed by atoms with Crippen molar-refractivity contribution in [2.45, 2.75) is 30.6 Å². The number of benzene rings is 1. The molecule has 1 aliphatic carbocycles. The molecule has 2 heterocycles. The van der Waals surface area contributed by atoms with Crippen LogP contribution < -0.4 is 0 Å². The largest absolute Gasteiger partial charge is 0.424 e. The van der Waals surface area contributed by atoms with Gasteiger partial charge in [-0.1, -0.05) is 23.7 Å². The van der Waals surface area contributed by atoms with Crippen LogP contribution in [0.25, 0.3) is 0 Å². The van der Waals surface area contributed by atoms with Crippen molar-refractivity contribution >= 4 is 11.6 Å². The van der Waals surface area contributed by atoms with Gasteiger partial charge in [0.1, 0.15) is 0 Å². The Morgan fingerprint density at radius 2 is 2.15 bits per heavy atom. The first-order valence-corrected chi connectivity index (χ1v) is 7.33. The van der Waals surface area contributed by atoms with Gasteiger partial charge in [-0.2, -0.15) is 0 Å². The minimum Gasteiger partial charge on any atom is -0.424 e. The molecule has 2 aromatic rings. The average molecular weight is 291 g/mol. The Kier molecular flexibility index (Phi) is 2.82. The minimum absolute atomic E-state index is 0.115. The lowest BCUT2D eigenvalue weighted by atomic mass is 9.96. The highest BCUT2D eigenvalue weighted by Crippen LogP contribution is 2.53. The third kappa shape index (κ3) is 1.95. The highest BCUT2D eigenvalue weighted by molar-refractivity contribution is 6.30. The van der Waals surface area contributed by atoms with Crippen LogP contribution in [0, 0.1) is 0 Å². The van der Waals surface area contributed by atoms with Crippen LogP contribution in [-0.2, 0) is 10.2 Å². The van der Waals surface area contributed by atoms with E-state index in [1.165, 1.54) is 5.56 Å². The molecule has 4 nitrogen and oxygen atoms in total. The van der Waals surface area contributed by atoms with E-state index in [-0.39, 0.29) is 11.3 Å². The molecular formula is C15H15ClN2O2. The molecule has 1 atom stereocenters. The Morgan fingerprint density at radius 1 is 1.25 bits per heavy atom. The van der Waals surface area contributed by atoms with E-state index in [0.717, 1.165) is 36.8 Å². The highest BCUT2D eigenvalue weighted by atomic mass is 35.5. The van der Waals surface area contributed by atoms with E-state index in [1.54, 1.807) is 0 Å². The van der Waals surface area contributed by atoms with Crippen LogP contribution in [0.1, 0.15) is 42.5 Å². The molecule has 1 aromatic heterocycles. The van der Waals surface area contributed by atoms with Gasteiger partial charge in [-0.05, 0) is 37.0 Å². The summed E-state index contributed by atoms with van der Waals surface area (Å²) in [4.78, 5) is 0. The van der Waals surface area contributed by atoms with E-state index < -0.39 is 0 Å². The molecular weight excluding hydrogens is 276 g/mol. The van der Waals surface area contributed by atoms with Gasteiger partial charge in [-0.25, -0.2) is 0 Å². The van der Waals surface area contributed by atoms with Crippen molar-refractivity contribution in [3.8, 4) is 0 Å². The average Bonchev–Trinajstić information content (AvgIpc) is 2.91. The van der Waals surface area contributed by atoms with Gasteiger partial charge in [-0.3, -0.25) is 0 Å². The SMILES string of the molecule is Clc1cccc(C2(c3nnc([C@@H]4CCOC4)o3)CC2)c1. The predicted octanol–water partition coefficient (Wildman–Crippen LogP) is 3.31. The molecule has 5 heteroatoms. The molecule has 0 radical (unpaired) electrons. The van der Waals surface area contributed by atoms with E-state index in [0.29, 0.717) is 12.5 Å². The van der Waals surface area contributed by atoms with Crippen molar-refractivity contribution < 1.29 is 9.15 Å². The molecule has 0 spiro atoms. The van der Waals surface area contributed by atoms with Crippen LogP contribution in [0.4, 0.5) is 0 Å². The molecule has 1 saturated heterocycles. The molecule has 2 aliphatic rings. The molecule has 20 heavy (non-hydrogen) atoms. The molecule has 1 aromatic carbocycles. The molecule has 1 saturated carbocycles. The molecule has 0 unspecified atom stereocenters. The fraction of sp³-hybridized carbons (Fsp3) is 0.467. The number of aromatic nitrogens is 2. The van der Waals surface area contributed by atoms with Gasteiger partial charge in [0, 0.05) is 11.6 Å². The first-order valence-electron chi connectivity index (χ1n) is 6.96. The molecule has 4 rings (SSSR count). The van der Waals surface area contributed by atoms with Crippen LogP contribution >= 0.6 is 11.6 Å². The summed E-state index contributed by atoms with van der Waals surface area (Å²) in [5, 5.41) is 9.26. The van der Waals surface area contributed by atoms with Gasteiger partial charge in [0.2, 0.25) is 11.8 Å². The van der Waals surface area contributed by atoms with Gasteiger partial charge in [-0.15, -0.1) is 10.2 Å². The smallest absolute Gasteiger partial charge is 0.227 e. The molecule has 104 valence electrons. The monoisotopic (exact) mass is 290 g/mol. The summed E-state index contributed by atoms with van der Waals surface area (Å²) in [6, 6.07) is 7.94. The summed E-state index contributed by atoms with van der Waals surface area (Å²) in [6.07, 6.45) is 3.04. The molecule has 2 fully saturated rings. The Bertz CT molecular complexity index is 630. The van der Waals surface area contributed by atoms with Gasteiger partial charge < -0.3 is 9.15 Å². The Balaban J connectivity index is 1.66. The normalized spacial score (nSPS) is 23.9.